The van der Waals surface area contributed by atoms with Gasteiger partial charge in [-0.3, -0.25) is 14.9 Å². The van der Waals surface area contributed by atoms with Crippen LogP contribution in [0, 0.1) is 5.92 Å². The number of amides is 4. The molecule has 3 fully saturated rings. The molecule has 0 aromatic heterocycles. The zero-order valence-corrected chi connectivity index (χ0v) is 16.8. The number of hydrogen-bond acceptors (Lipinski definition) is 4. The van der Waals surface area contributed by atoms with Gasteiger partial charge in [0.25, 0.3) is 5.91 Å². The van der Waals surface area contributed by atoms with Crippen molar-refractivity contribution in [2.24, 2.45) is 5.92 Å². The smallest absolute Gasteiger partial charge is 0.364 e. The predicted molar refractivity (Wildman–Crippen MR) is 104 cm³/mol. The molecule has 1 aromatic carbocycles. The molecule has 10 heteroatoms. The Kier molecular flexibility index (Phi) is 4.46. The summed E-state index contributed by atoms with van der Waals surface area (Å²) in [7, 11) is 0. The van der Waals surface area contributed by atoms with Crippen LogP contribution < -0.4 is 15.5 Å². The number of hydrogen-bond donors (Lipinski definition) is 2. The number of fused-ring (bicyclic) bond motifs is 3. The lowest BCUT2D eigenvalue weighted by molar-refractivity contribution is -0.137. The maximum Gasteiger partial charge on any atom is 0.416 e. The van der Waals surface area contributed by atoms with E-state index in [0.29, 0.717) is 31.6 Å². The number of halogens is 3. The second kappa shape index (κ2) is 6.86. The summed E-state index contributed by atoms with van der Waals surface area (Å²) in [6.07, 6.45) is -1.81. The fourth-order valence-electron chi connectivity index (χ4n) is 5.24. The molecule has 2 saturated heterocycles. The normalized spacial score (nSPS) is 27.6. The second-order valence-corrected chi connectivity index (χ2v) is 8.89. The van der Waals surface area contributed by atoms with Gasteiger partial charge in [0, 0.05) is 31.7 Å². The number of urea groups is 1. The van der Waals surface area contributed by atoms with Crippen molar-refractivity contribution in [3.63, 3.8) is 0 Å². The van der Waals surface area contributed by atoms with Crippen molar-refractivity contribution in [3.8, 4) is 0 Å². The van der Waals surface area contributed by atoms with Crippen LogP contribution >= 0.6 is 0 Å². The number of benzene rings is 1. The van der Waals surface area contributed by atoms with Crippen LogP contribution in [0.2, 0.25) is 0 Å². The molecule has 0 spiro atoms. The van der Waals surface area contributed by atoms with Gasteiger partial charge < -0.3 is 15.1 Å². The molecule has 31 heavy (non-hydrogen) atoms. The van der Waals surface area contributed by atoms with Gasteiger partial charge in [-0.05, 0) is 55.4 Å². The van der Waals surface area contributed by atoms with Gasteiger partial charge in [0.15, 0.2) is 0 Å². The predicted octanol–water partition coefficient (Wildman–Crippen LogP) is 2.05. The molecule has 1 unspecified atom stereocenters. The van der Waals surface area contributed by atoms with Crippen LogP contribution in [0.1, 0.15) is 36.8 Å². The molecular formula is C21H23F3N4O3. The molecule has 5 rings (SSSR count). The summed E-state index contributed by atoms with van der Waals surface area (Å²) in [4.78, 5) is 40.7. The van der Waals surface area contributed by atoms with Crippen molar-refractivity contribution in [1.82, 2.24) is 15.5 Å². The Hall–Kier alpha value is -2.78. The molecule has 4 aliphatic rings. The molecule has 166 valence electrons. The number of piperazine rings is 1. The van der Waals surface area contributed by atoms with E-state index in [1.54, 1.807) is 4.90 Å². The highest BCUT2D eigenvalue weighted by atomic mass is 19.4. The SMILES string of the molecule is O=C1NC(=O)[C@](CCC(=O)N2CCN3c4ccc(C(F)(F)F)cc4CC3C2)(C2CC2)N1. The molecule has 3 heterocycles. The van der Waals surface area contributed by atoms with E-state index in [4.69, 9.17) is 0 Å². The number of carbonyl (C=O) groups is 3. The average molecular weight is 436 g/mol. The first kappa shape index (κ1) is 20.1. The van der Waals surface area contributed by atoms with E-state index in [1.807, 2.05) is 0 Å². The fourth-order valence-corrected chi connectivity index (χ4v) is 5.24. The number of alkyl halides is 3. The van der Waals surface area contributed by atoms with Gasteiger partial charge in [-0.15, -0.1) is 0 Å². The molecule has 2 N–H and O–H groups in total. The maximum absolute atomic E-state index is 13.0. The van der Waals surface area contributed by atoms with Gasteiger partial charge in [0.1, 0.15) is 5.54 Å². The minimum absolute atomic E-state index is 0.0527. The molecule has 1 aliphatic carbocycles. The Morgan fingerprint density at radius 3 is 2.61 bits per heavy atom. The summed E-state index contributed by atoms with van der Waals surface area (Å²) in [6, 6.07) is 3.27. The Morgan fingerprint density at radius 2 is 1.97 bits per heavy atom. The van der Waals surface area contributed by atoms with Crippen LogP contribution in [0.25, 0.3) is 0 Å². The summed E-state index contributed by atoms with van der Waals surface area (Å²) in [6.45, 7) is 1.47. The highest BCUT2D eigenvalue weighted by Gasteiger charge is 2.55. The van der Waals surface area contributed by atoms with E-state index in [2.05, 4.69) is 15.5 Å². The first-order valence-corrected chi connectivity index (χ1v) is 10.6. The van der Waals surface area contributed by atoms with Crippen molar-refractivity contribution in [2.75, 3.05) is 24.5 Å². The molecule has 1 aromatic rings. The minimum Gasteiger partial charge on any atom is -0.364 e. The maximum atomic E-state index is 13.0. The standard InChI is InChI=1S/C21H23F3N4O3/c22-21(23,24)14-3-4-16-12(9-14)10-15-11-27(7-8-28(15)16)17(29)5-6-20(13-1-2-13)18(30)25-19(31)26-20/h3-4,9,13,15H,1-2,5-8,10-11H2,(H2,25,26,30,31)/t15?,20-/m0/s1. The van der Waals surface area contributed by atoms with Gasteiger partial charge in [0.2, 0.25) is 5.91 Å². The van der Waals surface area contributed by atoms with Crippen LogP contribution in [0.5, 0.6) is 0 Å². The number of anilines is 1. The number of rotatable bonds is 4. The van der Waals surface area contributed by atoms with Gasteiger partial charge >= 0.3 is 12.2 Å². The Morgan fingerprint density at radius 1 is 1.19 bits per heavy atom. The molecule has 0 radical (unpaired) electrons. The van der Waals surface area contributed by atoms with Crippen LogP contribution in [0.4, 0.5) is 23.7 Å². The molecule has 3 aliphatic heterocycles. The third kappa shape index (κ3) is 3.41. The fraction of sp³-hybridized carbons (Fsp3) is 0.571. The summed E-state index contributed by atoms with van der Waals surface area (Å²) >= 11 is 0. The summed E-state index contributed by atoms with van der Waals surface area (Å²) in [5.74, 6) is -0.388. The van der Waals surface area contributed by atoms with Crippen LogP contribution in [-0.2, 0) is 22.2 Å². The summed E-state index contributed by atoms with van der Waals surface area (Å²) in [5, 5.41) is 5.02. The van der Waals surface area contributed by atoms with Gasteiger partial charge in [-0.2, -0.15) is 13.2 Å². The van der Waals surface area contributed by atoms with E-state index in [0.717, 1.165) is 24.6 Å². The zero-order chi connectivity index (χ0) is 22.0. The minimum atomic E-state index is -4.38. The third-order valence-corrected chi connectivity index (χ3v) is 6.98. The number of imide groups is 1. The van der Waals surface area contributed by atoms with Crippen molar-refractivity contribution >= 4 is 23.5 Å². The van der Waals surface area contributed by atoms with Crippen molar-refractivity contribution in [2.45, 2.75) is 49.9 Å². The molecule has 1 saturated carbocycles. The average Bonchev–Trinajstić information content (AvgIpc) is 3.44. The monoisotopic (exact) mass is 436 g/mol. The first-order chi connectivity index (χ1) is 14.7. The molecular weight excluding hydrogens is 413 g/mol. The summed E-state index contributed by atoms with van der Waals surface area (Å²) < 4.78 is 39.1. The lowest BCUT2D eigenvalue weighted by atomic mass is 9.87. The zero-order valence-electron chi connectivity index (χ0n) is 16.8. The molecule has 0 bridgehead atoms. The largest absolute Gasteiger partial charge is 0.416 e. The van der Waals surface area contributed by atoms with Gasteiger partial charge in [-0.1, -0.05) is 0 Å². The Bertz CT molecular complexity index is 962. The highest BCUT2D eigenvalue weighted by Crippen LogP contribution is 2.44. The second-order valence-electron chi connectivity index (χ2n) is 8.89. The van der Waals surface area contributed by atoms with E-state index in [9.17, 15) is 27.6 Å². The third-order valence-electron chi connectivity index (χ3n) is 6.98. The van der Waals surface area contributed by atoms with E-state index < -0.39 is 23.3 Å². The topological polar surface area (TPSA) is 81.8 Å². The quantitative estimate of drug-likeness (QED) is 0.708. The highest BCUT2D eigenvalue weighted by molar-refractivity contribution is 6.07. The van der Waals surface area contributed by atoms with E-state index >= 15 is 0 Å². The van der Waals surface area contributed by atoms with E-state index in [1.165, 1.54) is 12.1 Å². The summed E-state index contributed by atoms with van der Waals surface area (Å²) in [5.41, 5.74) is -0.178. The lowest BCUT2D eigenvalue weighted by Crippen LogP contribution is -2.54. The van der Waals surface area contributed by atoms with Crippen LogP contribution in [-0.4, -0.2) is 54.0 Å². The molecule has 7 nitrogen and oxygen atoms in total. The van der Waals surface area contributed by atoms with Gasteiger partial charge in [-0.25, -0.2) is 4.79 Å². The molecule has 4 amide bonds. The first-order valence-electron chi connectivity index (χ1n) is 10.6. The number of nitrogens with zero attached hydrogens (tertiary/aromatic N) is 2. The van der Waals surface area contributed by atoms with Crippen molar-refractivity contribution in [1.29, 1.82) is 0 Å². The Labute approximate surface area is 176 Å². The van der Waals surface area contributed by atoms with Crippen LogP contribution in [0.3, 0.4) is 0 Å². The number of nitrogens with one attached hydrogen (secondary N) is 2. The van der Waals surface area contributed by atoms with E-state index in [-0.39, 0.29) is 36.6 Å². The lowest BCUT2D eigenvalue weighted by Gasteiger charge is -2.39. The van der Waals surface area contributed by atoms with Crippen molar-refractivity contribution < 1.29 is 27.6 Å². The molecule has 2 atom stereocenters. The Balaban J connectivity index is 1.23. The van der Waals surface area contributed by atoms with Crippen molar-refractivity contribution in [3.05, 3.63) is 29.3 Å². The van der Waals surface area contributed by atoms with Gasteiger partial charge in [0.05, 0.1) is 11.6 Å². The van der Waals surface area contributed by atoms with Crippen LogP contribution in [0.15, 0.2) is 18.2 Å². The number of carbonyl (C=O) groups excluding carboxylic acids is 3.